The molecule has 0 unspecified atom stereocenters. The normalized spacial score (nSPS) is 21.1. The topological polar surface area (TPSA) is 35.8 Å². The average Bonchev–Trinajstić information content (AvgIpc) is 2.64. The zero-order chi connectivity index (χ0) is 12.7. The molecule has 0 amide bonds. The van der Waals surface area contributed by atoms with Crippen LogP contribution in [0.5, 0.6) is 0 Å². The molecule has 0 radical (unpaired) electrons. The van der Waals surface area contributed by atoms with Crippen LogP contribution in [-0.4, -0.2) is 6.54 Å². The summed E-state index contributed by atoms with van der Waals surface area (Å²) < 4.78 is 0. The highest BCUT2D eigenvalue weighted by molar-refractivity contribution is 7.10. The number of nitrogens with one attached hydrogen (secondary N) is 1. The summed E-state index contributed by atoms with van der Waals surface area (Å²) in [5, 5.41) is 14.2. The number of nitrogens with zero attached hydrogens (tertiary/aromatic N) is 1. The fourth-order valence-corrected chi connectivity index (χ4v) is 3.49. The molecule has 92 valence electrons. The molecular formula is C14H20N2S. The van der Waals surface area contributed by atoms with E-state index in [-0.39, 0.29) is 0 Å². The third-order valence-corrected chi connectivity index (χ3v) is 5.69. The summed E-state index contributed by atoms with van der Waals surface area (Å²) in [6.07, 6.45) is 0. The van der Waals surface area contributed by atoms with E-state index in [0.29, 0.717) is 10.8 Å². The van der Waals surface area contributed by atoms with Crippen molar-refractivity contribution in [3.8, 4) is 6.07 Å². The Balaban J connectivity index is 1.80. The predicted molar refractivity (Wildman–Crippen MR) is 71.8 cm³/mol. The molecule has 0 aliphatic heterocycles. The van der Waals surface area contributed by atoms with Crippen LogP contribution in [0.1, 0.15) is 38.1 Å². The quantitative estimate of drug-likeness (QED) is 0.886. The van der Waals surface area contributed by atoms with Crippen molar-refractivity contribution < 1.29 is 0 Å². The highest BCUT2D eigenvalue weighted by Gasteiger charge is 2.63. The molecule has 2 rings (SSSR count). The number of thiophene rings is 1. The van der Waals surface area contributed by atoms with Gasteiger partial charge in [0.1, 0.15) is 6.07 Å². The second-order valence-corrected chi connectivity index (χ2v) is 7.04. The zero-order valence-electron chi connectivity index (χ0n) is 11.0. The van der Waals surface area contributed by atoms with E-state index >= 15 is 0 Å². The van der Waals surface area contributed by atoms with E-state index < -0.39 is 0 Å². The van der Waals surface area contributed by atoms with E-state index in [1.807, 2.05) is 11.4 Å². The van der Waals surface area contributed by atoms with Crippen LogP contribution < -0.4 is 5.32 Å². The van der Waals surface area contributed by atoms with Crippen molar-refractivity contribution in [3.05, 3.63) is 21.9 Å². The fraction of sp³-hybridized carbons (Fsp3) is 0.643. The maximum atomic E-state index is 8.75. The van der Waals surface area contributed by atoms with Crippen LogP contribution in [0.15, 0.2) is 11.4 Å². The smallest absolute Gasteiger partial charge is 0.100 e. The highest BCUT2D eigenvalue weighted by Crippen LogP contribution is 2.67. The minimum atomic E-state index is 0.452. The van der Waals surface area contributed by atoms with Gasteiger partial charge in [-0.15, -0.1) is 11.3 Å². The van der Waals surface area contributed by atoms with Gasteiger partial charge in [-0.1, -0.05) is 27.7 Å². The molecule has 1 aromatic heterocycles. The van der Waals surface area contributed by atoms with Crippen LogP contribution in [-0.2, 0) is 6.54 Å². The molecule has 0 bridgehead atoms. The van der Waals surface area contributed by atoms with Gasteiger partial charge in [0.15, 0.2) is 0 Å². The van der Waals surface area contributed by atoms with Gasteiger partial charge >= 0.3 is 0 Å². The van der Waals surface area contributed by atoms with Crippen molar-refractivity contribution in [1.82, 2.24) is 5.32 Å². The Hall–Kier alpha value is -0.850. The van der Waals surface area contributed by atoms with Crippen molar-refractivity contribution in [2.45, 2.75) is 34.2 Å². The highest BCUT2D eigenvalue weighted by atomic mass is 32.1. The summed E-state index contributed by atoms with van der Waals surface area (Å²) >= 11 is 1.66. The Bertz CT molecular complexity index is 437. The van der Waals surface area contributed by atoms with Crippen LogP contribution in [0.2, 0.25) is 0 Å². The third-order valence-electron chi connectivity index (χ3n) is 4.75. The first-order chi connectivity index (χ1) is 7.89. The van der Waals surface area contributed by atoms with Gasteiger partial charge in [-0.3, -0.25) is 0 Å². The molecule has 1 N–H and O–H groups in total. The van der Waals surface area contributed by atoms with E-state index in [9.17, 15) is 0 Å². The summed E-state index contributed by atoms with van der Waals surface area (Å²) in [6.45, 7) is 11.3. The third kappa shape index (κ3) is 2.12. The SMILES string of the molecule is CC1(C)C(CNCc2cc(C#N)cs2)C1(C)C. The van der Waals surface area contributed by atoms with Gasteiger partial charge in [-0.25, -0.2) is 0 Å². The first-order valence-electron chi connectivity index (χ1n) is 6.08. The van der Waals surface area contributed by atoms with Crippen LogP contribution in [0.4, 0.5) is 0 Å². The fourth-order valence-electron chi connectivity index (χ4n) is 2.72. The average molecular weight is 248 g/mol. The number of nitriles is 1. The van der Waals surface area contributed by atoms with Gasteiger partial charge in [-0.05, 0) is 29.4 Å². The first kappa shape index (κ1) is 12.6. The minimum absolute atomic E-state index is 0.452. The van der Waals surface area contributed by atoms with Crippen LogP contribution in [0.3, 0.4) is 0 Å². The van der Waals surface area contributed by atoms with Crippen molar-refractivity contribution in [1.29, 1.82) is 5.26 Å². The standard InChI is InChI=1S/C14H20N2S/c1-13(2)12(14(13,3)4)8-16-7-11-5-10(6-15)9-17-11/h5,9,12,16H,7-8H2,1-4H3. The molecule has 1 fully saturated rings. The molecule has 2 nitrogen and oxygen atoms in total. The second-order valence-electron chi connectivity index (χ2n) is 6.04. The lowest BCUT2D eigenvalue weighted by Crippen LogP contribution is -2.18. The summed E-state index contributed by atoms with van der Waals surface area (Å²) in [4.78, 5) is 1.25. The van der Waals surface area contributed by atoms with Gasteiger partial charge in [0.05, 0.1) is 5.56 Å². The molecule has 1 saturated carbocycles. The number of hydrogen-bond donors (Lipinski definition) is 1. The number of hydrogen-bond acceptors (Lipinski definition) is 3. The maximum Gasteiger partial charge on any atom is 0.100 e. The van der Waals surface area contributed by atoms with Crippen LogP contribution in [0.25, 0.3) is 0 Å². The Labute approximate surface area is 108 Å². The van der Waals surface area contributed by atoms with E-state index in [1.54, 1.807) is 11.3 Å². The van der Waals surface area contributed by atoms with E-state index in [1.165, 1.54) is 4.88 Å². The first-order valence-corrected chi connectivity index (χ1v) is 6.96. The van der Waals surface area contributed by atoms with Crippen molar-refractivity contribution in [3.63, 3.8) is 0 Å². The molecule has 0 aromatic carbocycles. The van der Waals surface area contributed by atoms with Gasteiger partial charge in [0, 0.05) is 16.8 Å². The van der Waals surface area contributed by atoms with Crippen molar-refractivity contribution in [2.75, 3.05) is 6.54 Å². The molecule has 1 aromatic rings. The largest absolute Gasteiger partial charge is 0.312 e. The molecule has 1 heterocycles. The summed E-state index contributed by atoms with van der Waals surface area (Å²) in [6, 6.07) is 4.14. The van der Waals surface area contributed by atoms with Gasteiger partial charge < -0.3 is 5.32 Å². The lowest BCUT2D eigenvalue weighted by atomic mass is 10.0. The predicted octanol–water partition coefficient (Wildman–Crippen LogP) is 3.39. The van der Waals surface area contributed by atoms with E-state index in [4.69, 9.17) is 5.26 Å². The Morgan fingerprint density at radius 3 is 2.47 bits per heavy atom. The van der Waals surface area contributed by atoms with Crippen LogP contribution in [0, 0.1) is 28.1 Å². The zero-order valence-corrected chi connectivity index (χ0v) is 11.8. The summed E-state index contributed by atoms with van der Waals surface area (Å²) in [5.41, 5.74) is 1.68. The minimum Gasteiger partial charge on any atom is -0.312 e. The molecule has 1 aliphatic rings. The molecular weight excluding hydrogens is 228 g/mol. The van der Waals surface area contributed by atoms with Gasteiger partial charge in [-0.2, -0.15) is 5.26 Å². The number of rotatable bonds is 4. The molecule has 0 atom stereocenters. The Morgan fingerprint density at radius 2 is 2.00 bits per heavy atom. The lowest BCUT2D eigenvalue weighted by molar-refractivity contribution is 0.457. The second kappa shape index (κ2) is 4.12. The van der Waals surface area contributed by atoms with E-state index in [0.717, 1.165) is 24.6 Å². The van der Waals surface area contributed by atoms with Gasteiger partial charge in [0.25, 0.3) is 0 Å². The molecule has 0 spiro atoms. The molecule has 3 heteroatoms. The van der Waals surface area contributed by atoms with Crippen molar-refractivity contribution >= 4 is 11.3 Å². The van der Waals surface area contributed by atoms with Crippen molar-refractivity contribution in [2.24, 2.45) is 16.7 Å². The molecule has 1 aliphatic carbocycles. The Kier molecular flexibility index (Phi) is 3.05. The Morgan fingerprint density at radius 1 is 1.35 bits per heavy atom. The lowest BCUT2D eigenvalue weighted by Gasteiger charge is -2.04. The van der Waals surface area contributed by atoms with E-state index in [2.05, 4.69) is 39.1 Å². The summed E-state index contributed by atoms with van der Waals surface area (Å²) in [5.74, 6) is 0.755. The molecule has 17 heavy (non-hydrogen) atoms. The van der Waals surface area contributed by atoms with Crippen LogP contribution >= 0.6 is 11.3 Å². The maximum absolute atomic E-state index is 8.75. The molecule has 0 saturated heterocycles. The summed E-state index contributed by atoms with van der Waals surface area (Å²) in [7, 11) is 0. The van der Waals surface area contributed by atoms with Gasteiger partial charge in [0.2, 0.25) is 0 Å². The monoisotopic (exact) mass is 248 g/mol.